The molecule has 0 atom stereocenters. The average molecular weight is 227 g/mol. The molecule has 1 aliphatic rings. The van der Waals surface area contributed by atoms with Crippen LogP contribution in [0.25, 0.3) is 0 Å². The second-order valence-corrected chi connectivity index (χ2v) is 4.65. The molecule has 1 rings (SSSR count). The summed E-state index contributed by atoms with van der Waals surface area (Å²) in [7, 11) is 1.90. The van der Waals surface area contributed by atoms with E-state index in [-0.39, 0.29) is 11.6 Å². The first-order chi connectivity index (χ1) is 7.61. The van der Waals surface area contributed by atoms with E-state index in [1.54, 1.807) is 0 Å². The molecule has 1 aliphatic carbocycles. The molecular formula is C12H25N3O. The number of carbonyl (C=O) groups is 1. The van der Waals surface area contributed by atoms with Crippen LogP contribution in [0.1, 0.15) is 39.5 Å². The first-order valence-corrected chi connectivity index (χ1v) is 6.34. The van der Waals surface area contributed by atoms with Crippen molar-refractivity contribution in [2.45, 2.75) is 45.1 Å². The van der Waals surface area contributed by atoms with Crippen LogP contribution in [0, 0.1) is 0 Å². The molecule has 4 heteroatoms. The predicted molar refractivity (Wildman–Crippen MR) is 66.3 cm³/mol. The summed E-state index contributed by atoms with van der Waals surface area (Å²) in [5.74, 6) is 0. The molecule has 0 spiro atoms. The quantitative estimate of drug-likeness (QED) is 0.794. The van der Waals surface area contributed by atoms with Crippen LogP contribution in [-0.2, 0) is 0 Å². The molecule has 1 saturated carbocycles. The lowest BCUT2D eigenvalue weighted by atomic mass is 9.96. The van der Waals surface area contributed by atoms with Gasteiger partial charge in [-0.2, -0.15) is 0 Å². The third-order valence-electron chi connectivity index (χ3n) is 3.95. The lowest BCUT2D eigenvalue weighted by Gasteiger charge is -2.40. The van der Waals surface area contributed by atoms with Crippen LogP contribution in [0.2, 0.25) is 0 Å². The predicted octanol–water partition coefficient (Wildman–Crippen LogP) is 1.65. The van der Waals surface area contributed by atoms with E-state index < -0.39 is 0 Å². The molecule has 2 N–H and O–H groups in total. The summed E-state index contributed by atoms with van der Waals surface area (Å²) >= 11 is 0. The number of rotatable bonds is 4. The first kappa shape index (κ1) is 13.3. The number of carbonyl (C=O) groups excluding carboxylic acids is 1. The van der Waals surface area contributed by atoms with E-state index in [4.69, 9.17) is 5.73 Å². The van der Waals surface area contributed by atoms with Gasteiger partial charge in [0.1, 0.15) is 0 Å². The monoisotopic (exact) mass is 227 g/mol. The van der Waals surface area contributed by atoms with Gasteiger partial charge in [0.15, 0.2) is 0 Å². The lowest BCUT2D eigenvalue weighted by Crippen LogP contribution is -2.56. The Balaban J connectivity index is 2.74. The molecule has 0 radical (unpaired) electrons. The smallest absolute Gasteiger partial charge is 0.320 e. The fourth-order valence-corrected chi connectivity index (χ4v) is 2.62. The van der Waals surface area contributed by atoms with E-state index in [0.29, 0.717) is 6.54 Å². The van der Waals surface area contributed by atoms with E-state index in [1.807, 2.05) is 30.7 Å². The van der Waals surface area contributed by atoms with Gasteiger partial charge in [0.25, 0.3) is 0 Å². The van der Waals surface area contributed by atoms with Crippen molar-refractivity contribution < 1.29 is 4.79 Å². The summed E-state index contributed by atoms with van der Waals surface area (Å²) in [5, 5.41) is 0. The third kappa shape index (κ3) is 2.32. The van der Waals surface area contributed by atoms with Gasteiger partial charge in [-0.15, -0.1) is 0 Å². The summed E-state index contributed by atoms with van der Waals surface area (Å²) in [5.41, 5.74) is 5.79. The minimum atomic E-state index is -0.0837. The van der Waals surface area contributed by atoms with E-state index in [2.05, 4.69) is 0 Å². The average Bonchev–Trinajstić information content (AvgIpc) is 2.79. The number of amides is 2. The van der Waals surface area contributed by atoms with Crippen LogP contribution in [0.4, 0.5) is 4.79 Å². The molecule has 0 saturated heterocycles. The van der Waals surface area contributed by atoms with Crippen molar-refractivity contribution in [1.29, 1.82) is 0 Å². The van der Waals surface area contributed by atoms with E-state index in [0.717, 1.165) is 25.9 Å². The highest BCUT2D eigenvalue weighted by molar-refractivity contribution is 5.75. The summed E-state index contributed by atoms with van der Waals surface area (Å²) in [4.78, 5) is 16.0. The van der Waals surface area contributed by atoms with Crippen LogP contribution in [0.5, 0.6) is 0 Å². The van der Waals surface area contributed by atoms with Gasteiger partial charge in [0.2, 0.25) is 0 Å². The van der Waals surface area contributed by atoms with Gasteiger partial charge in [-0.25, -0.2) is 4.79 Å². The van der Waals surface area contributed by atoms with Crippen molar-refractivity contribution in [3.8, 4) is 0 Å². The van der Waals surface area contributed by atoms with Crippen LogP contribution in [0.3, 0.4) is 0 Å². The Kier molecular flexibility index (Phi) is 4.59. The fraction of sp³-hybridized carbons (Fsp3) is 0.917. The SMILES string of the molecule is CCN(CC)C(=O)N(C)C1(CN)CCCC1. The summed E-state index contributed by atoms with van der Waals surface area (Å²) in [6.07, 6.45) is 4.47. The van der Waals surface area contributed by atoms with Crippen LogP contribution < -0.4 is 5.73 Å². The Morgan fingerprint density at radius 3 is 2.12 bits per heavy atom. The van der Waals surface area contributed by atoms with Crippen molar-refractivity contribution in [2.24, 2.45) is 5.73 Å². The van der Waals surface area contributed by atoms with Crippen LogP contribution in [-0.4, -0.2) is 48.1 Å². The molecule has 4 nitrogen and oxygen atoms in total. The summed E-state index contributed by atoms with van der Waals surface area (Å²) < 4.78 is 0. The highest BCUT2D eigenvalue weighted by atomic mass is 16.2. The number of hydrogen-bond acceptors (Lipinski definition) is 2. The van der Waals surface area contributed by atoms with Crippen LogP contribution >= 0.6 is 0 Å². The molecule has 0 aromatic heterocycles. The van der Waals surface area contributed by atoms with E-state index in [9.17, 15) is 4.79 Å². The zero-order chi connectivity index (χ0) is 12.2. The fourth-order valence-electron chi connectivity index (χ4n) is 2.62. The van der Waals surface area contributed by atoms with Gasteiger partial charge in [0, 0.05) is 26.7 Å². The highest BCUT2D eigenvalue weighted by Gasteiger charge is 2.39. The molecule has 0 heterocycles. The molecular weight excluding hydrogens is 202 g/mol. The van der Waals surface area contributed by atoms with Gasteiger partial charge in [-0.05, 0) is 26.7 Å². The Bertz CT molecular complexity index is 232. The Hall–Kier alpha value is -0.770. The molecule has 1 fully saturated rings. The number of nitrogens with zero attached hydrogens (tertiary/aromatic N) is 2. The van der Waals surface area contributed by atoms with Gasteiger partial charge in [-0.3, -0.25) is 0 Å². The molecule has 16 heavy (non-hydrogen) atoms. The highest BCUT2D eigenvalue weighted by Crippen LogP contribution is 2.34. The molecule has 94 valence electrons. The number of likely N-dealkylation sites (N-methyl/N-ethyl adjacent to an activating group) is 1. The standard InChI is InChI=1S/C12H25N3O/c1-4-15(5-2)11(16)14(3)12(10-13)8-6-7-9-12/h4-10,13H2,1-3H3. The third-order valence-corrected chi connectivity index (χ3v) is 3.95. The normalized spacial score (nSPS) is 18.5. The number of urea groups is 1. The molecule has 0 bridgehead atoms. The van der Waals surface area contributed by atoms with Gasteiger partial charge in [0.05, 0.1) is 5.54 Å². The maximum atomic E-state index is 12.3. The maximum absolute atomic E-state index is 12.3. The van der Waals surface area contributed by atoms with Gasteiger partial charge in [-0.1, -0.05) is 12.8 Å². The van der Waals surface area contributed by atoms with Crippen molar-refractivity contribution in [1.82, 2.24) is 9.80 Å². The second kappa shape index (κ2) is 5.53. The topological polar surface area (TPSA) is 49.6 Å². The minimum absolute atomic E-state index is 0.0837. The van der Waals surface area contributed by atoms with Crippen molar-refractivity contribution >= 4 is 6.03 Å². The van der Waals surface area contributed by atoms with E-state index in [1.165, 1.54) is 12.8 Å². The van der Waals surface area contributed by atoms with Crippen LogP contribution in [0.15, 0.2) is 0 Å². The van der Waals surface area contributed by atoms with E-state index >= 15 is 0 Å². The summed E-state index contributed by atoms with van der Waals surface area (Å²) in [6.45, 7) is 6.13. The Morgan fingerprint density at radius 1 is 1.25 bits per heavy atom. The molecule has 2 amide bonds. The number of nitrogens with two attached hydrogens (primary N) is 1. The molecule has 0 aromatic rings. The largest absolute Gasteiger partial charge is 0.328 e. The van der Waals surface area contributed by atoms with Crippen molar-refractivity contribution in [3.63, 3.8) is 0 Å². The summed E-state index contributed by atoms with van der Waals surface area (Å²) in [6, 6.07) is 0.123. The number of hydrogen-bond donors (Lipinski definition) is 1. The zero-order valence-corrected chi connectivity index (χ0v) is 10.8. The minimum Gasteiger partial charge on any atom is -0.328 e. The van der Waals surface area contributed by atoms with Crippen molar-refractivity contribution in [3.05, 3.63) is 0 Å². The molecule has 0 unspecified atom stereocenters. The van der Waals surface area contributed by atoms with Crippen molar-refractivity contribution in [2.75, 3.05) is 26.7 Å². The van der Waals surface area contributed by atoms with Gasteiger partial charge >= 0.3 is 6.03 Å². The maximum Gasteiger partial charge on any atom is 0.320 e. The van der Waals surface area contributed by atoms with Gasteiger partial charge < -0.3 is 15.5 Å². The first-order valence-electron chi connectivity index (χ1n) is 6.34. The molecule has 0 aliphatic heterocycles. The Morgan fingerprint density at radius 2 is 1.75 bits per heavy atom. The zero-order valence-electron chi connectivity index (χ0n) is 10.8. The lowest BCUT2D eigenvalue weighted by molar-refractivity contribution is 0.111. The second-order valence-electron chi connectivity index (χ2n) is 4.65. The molecule has 0 aromatic carbocycles. The Labute approximate surface area is 98.8 Å².